The molecule has 3 N–H and O–H groups in total. The SMILES string of the molecule is CCNC(=O)Nc1nc2c(C)c(C)c(Br)cc2[nH]1. The van der Waals surface area contributed by atoms with Gasteiger partial charge in [-0.3, -0.25) is 5.32 Å². The Bertz CT molecular complexity index is 606. The Morgan fingerprint density at radius 3 is 2.83 bits per heavy atom. The van der Waals surface area contributed by atoms with Crippen molar-refractivity contribution in [3.05, 3.63) is 21.7 Å². The molecule has 96 valence electrons. The van der Waals surface area contributed by atoms with E-state index in [0.717, 1.165) is 26.6 Å². The third-order valence-corrected chi connectivity index (χ3v) is 3.67. The Hall–Kier alpha value is -1.56. The Morgan fingerprint density at radius 2 is 2.17 bits per heavy atom. The molecular weight excluding hydrogens is 296 g/mol. The summed E-state index contributed by atoms with van der Waals surface area (Å²) in [5.41, 5.74) is 4.03. The van der Waals surface area contributed by atoms with Crippen molar-refractivity contribution in [2.75, 3.05) is 11.9 Å². The number of imidazole rings is 1. The summed E-state index contributed by atoms with van der Waals surface area (Å²) in [7, 11) is 0. The molecule has 0 spiro atoms. The van der Waals surface area contributed by atoms with Gasteiger partial charge in [-0.25, -0.2) is 9.78 Å². The average molecular weight is 311 g/mol. The van der Waals surface area contributed by atoms with Crippen LogP contribution in [0.25, 0.3) is 11.0 Å². The molecule has 0 atom stereocenters. The minimum Gasteiger partial charge on any atom is -0.338 e. The van der Waals surface area contributed by atoms with Crippen molar-refractivity contribution in [1.82, 2.24) is 15.3 Å². The van der Waals surface area contributed by atoms with Crippen LogP contribution in [0.5, 0.6) is 0 Å². The van der Waals surface area contributed by atoms with Crippen LogP contribution in [0.1, 0.15) is 18.1 Å². The van der Waals surface area contributed by atoms with Crippen molar-refractivity contribution in [3.8, 4) is 0 Å². The molecule has 0 aliphatic rings. The van der Waals surface area contributed by atoms with Gasteiger partial charge < -0.3 is 10.3 Å². The predicted molar refractivity (Wildman–Crippen MR) is 76.0 cm³/mol. The number of anilines is 1. The number of benzene rings is 1. The van der Waals surface area contributed by atoms with E-state index in [9.17, 15) is 4.79 Å². The van der Waals surface area contributed by atoms with Gasteiger partial charge in [-0.05, 0) is 38.0 Å². The van der Waals surface area contributed by atoms with E-state index in [1.807, 2.05) is 26.8 Å². The molecule has 0 radical (unpaired) electrons. The lowest BCUT2D eigenvalue weighted by molar-refractivity contribution is 0.252. The first-order valence-corrected chi connectivity index (χ1v) is 6.52. The molecule has 6 heteroatoms. The van der Waals surface area contributed by atoms with Gasteiger partial charge in [-0.2, -0.15) is 0 Å². The number of carbonyl (C=O) groups excluding carboxylic acids is 1. The highest BCUT2D eigenvalue weighted by Crippen LogP contribution is 2.27. The molecule has 0 aliphatic carbocycles. The van der Waals surface area contributed by atoms with E-state index in [0.29, 0.717) is 12.5 Å². The van der Waals surface area contributed by atoms with Gasteiger partial charge in [0.05, 0.1) is 11.0 Å². The maximum Gasteiger partial charge on any atom is 0.321 e. The lowest BCUT2D eigenvalue weighted by atomic mass is 10.1. The summed E-state index contributed by atoms with van der Waals surface area (Å²) >= 11 is 3.50. The van der Waals surface area contributed by atoms with E-state index in [1.54, 1.807) is 0 Å². The molecule has 0 saturated carbocycles. The van der Waals surface area contributed by atoms with E-state index in [2.05, 4.69) is 36.5 Å². The number of nitrogens with zero attached hydrogens (tertiary/aromatic N) is 1. The summed E-state index contributed by atoms with van der Waals surface area (Å²) in [5.74, 6) is 0.455. The highest BCUT2D eigenvalue weighted by Gasteiger charge is 2.11. The van der Waals surface area contributed by atoms with E-state index in [4.69, 9.17) is 0 Å². The molecule has 18 heavy (non-hydrogen) atoms. The first-order valence-electron chi connectivity index (χ1n) is 5.73. The smallest absolute Gasteiger partial charge is 0.321 e. The summed E-state index contributed by atoms with van der Waals surface area (Å²) in [6.07, 6.45) is 0. The van der Waals surface area contributed by atoms with Gasteiger partial charge in [0, 0.05) is 11.0 Å². The summed E-state index contributed by atoms with van der Waals surface area (Å²) in [6.45, 7) is 6.49. The molecule has 0 unspecified atom stereocenters. The fourth-order valence-electron chi connectivity index (χ4n) is 1.74. The number of carbonyl (C=O) groups is 1. The van der Waals surface area contributed by atoms with Crippen LogP contribution in [-0.2, 0) is 0 Å². The highest BCUT2D eigenvalue weighted by atomic mass is 79.9. The summed E-state index contributed by atoms with van der Waals surface area (Å²) in [6, 6.07) is 1.71. The van der Waals surface area contributed by atoms with Crippen molar-refractivity contribution < 1.29 is 4.79 Å². The normalized spacial score (nSPS) is 10.7. The van der Waals surface area contributed by atoms with Crippen molar-refractivity contribution in [2.24, 2.45) is 0 Å². The highest BCUT2D eigenvalue weighted by molar-refractivity contribution is 9.10. The second kappa shape index (κ2) is 4.97. The summed E-state index contributed by atoms with van der Waals surface area (Å²) in [4.78, 5) is 18.9. The fraction of sp³-hybridized carbons (Fsp3) is 0.333. The first-order chi connectivity index (χ1) is 8.52. The van der Waals surface area contributed by atoms with Crippen LogP contribution in [0.3, 0.4) is 0 Å². The van der Waals surface area contributed by atoms with Crippen LogP contribution in [0.15, 0.2) is 10.5 Å². The number of aryl methyl sites for hydroxylation is 1. The number of hydrogen-bond acceptors (Lipinski definition) is 2. The van der Waals surface area contributed by atoms with Crippen molar-refractivity contribution in [1.29, 1.82) is 0 Å². The van der Waals surface area contributed by atoms with Crippen LogP contribution >= 0.6 is 15.9 Å². The van der Waals surface area contributed by atoms with E-state index >= 15 is 0 Å². The molecule has 2 aromatic rings. The van der Waals surface area contributed by atoms with Crippen molar-refractivity contribution in [3.63, 3.8) is 0 Å². The lowest BCUT2D eigenvalue weighted by Crippen LogP contribution is -2.28. The number of hydrogen-bond donors (Lipinski definition) is 3. The first kappa shape index (κ1) is 12.9. The van der Waals surface area contributed by atoms with Gasteiger partial charge in [-0.15, -0.1) is 0 Å². The Labute approximate surface area is 113 Å². The molecular formula is C12H15BrN4O. The van der Waals surface area contributed by atoms with Crippen molar-refractivity contribution in [2.45, 2.75) is 20.8 Å². The fourth-order valence-corrected chi connectivity index (χ4v) is 2.27. The molecule has 0 saturated heterocycles. The second-order valence-electron chi connectivity index (χ2n) is 4.07. The number of H-pyrrole nitrogens is 1. The maximum atomic E-state index is 11.4. The second-order valence-corrected chi connectivity index (χ2v) is 4.93. The van der Waals surface area contributed by atoms with E-state index < -0.39 is 0 Å². The third-order valence-electron chi connectivity index (χ3n) is 2.85. The Balaban J connectivity index is 2.39. The molecule has 0 aliphatic heterocycles. The van der Waals surface area contributed by atoms with Gasteiger partial charge in [0.1, 0.15) is 0 Å². The van der Waals surface area contributed by atoms with Gasteiger partial charge in [0.25, 0.3) is 0 Å². The summed E-state index contributed by atoms with van der Waals surface area (Å²) < 4.78 is 1.03. The molecule has 0 bridgehead atoms. The molecule has 2 amide bonds. The number of nitrogens with one attached hydrogen (secondary N) is 3. The van der Waals surface area contributed by atoms with Gasteiger partial charge >= 0.3 is 6.03 Å². The molecule has 1 heterocycles. The van der Waals surface area contributed by atoms with Crippen LogP contribution in [0.4, 0.5) is 10.7 Å². The number of urea groups is 1. The standard InChI is InChI=1S/C12H15BrN4O/c1-4-14-12(18)17-11-15-9-5-8(13)6(2)7(3)10(9)16-11/h5H,4H2,1-3H3,(H3,14,15,16,17,18). The van der Waals surface area contributed by atoms with Crippen LogP contribution < -0.4 is 10.6 Å². The summed E-state index contributed by atoms with van der Waals surface area (Å²) in [5, 5.41) is 5.32. The van der Waals surface area contributed by atoms with E-state index in [1.165, 1.54) is 0 Å². The molecule has 1 aromatic carbocycles. The maximum absolute atomic E-state index is 11.4. The topological polar surface area (TPSA) is 69.8 Å². The van der Waals surface area contributed by atoms with Crippen LogP contribution in [0.2, 0.25) is 0 Å². The zero-order valence-corrected chi connectivity index (χ0v) is 12.1. The molecule has 5 nitrogen and oxygen atoms in total. The predicted octanol–water partition coefficient (Wildman–Crippen LogP) is 3.08. The number of rotatable bonds is 2. The number of fused-ring (bicyclic) bond motifs is 1. The third kappa shape index (κ3) is 2.33. The minimum absolute atomic E-state index is 0.259. The lowest BCUT2D eigenvalue weighted by Gasteiger charge is -2.02. The number of halogens is 1. The monoisotopic (exact) mass is 310 g/mol. The van der Waals surface area contributed by atoms with Crippen LogP contribution in [0, 0.1) is 13.8 Å². The average Bonchev–Trinajstić information content (AvgIpc) is 2.69. The largest absolute Gasteiger partial charge is 0.338 e. The Morgan fingerprint density at radius 1 is 1.44 bits per heavy atom. The van der Waals surface area contributed by atoms with Gasteiger partial charge in [-0.1, -0.05) is 15.9 Å². The molecule has 1 aromatic heterocycles. The van der Waals surface area contributed by atoms with E-state index in [-0.39, 0.29) is 6.03 Å². The van der Waals surface area contributed by atoms with Gasteiger partial charge in [0.2, 0.25) is 5.95 Å². The molecule has 2 rings (SSSR count). The Kier molecular flexibility index (Phi) is 3.56. The molecule has 0 fully saturated rings. The zero-order chi connectivity index (χ0) is 13.3. The minimum atomic E-state index is -0.259. The van der Waals surface area contributed by atoms with Crippen molar-refractivity contribution >= 4 is 38.9 Å². The zero-order valence-electron chi connectivity index (χ0n) is 10.5. The number of aromatic nitrogens is 2. The van der Waals surface area contributed by atoms with Gasteiger partial charge in [0.15, 0.2) is 0 Å². The van der Waals surface area contributed by atoms with Crippen LogP contribution in [-0.4, -0.2) is 22.5 Å². The number of amides is 2. The number of aromatic amines is 1. The quantitative estimate of drug-likeness (QED) is 0.797.